The van der Waals surface area contributed by atoms with Crippen molar-refractivity contribution >= 4 is 0 Å². The third-order valence-electron chi connectivity index (χ3n) is 4.42. The SMILES string of the molecule is c1cc(OC2CCCC2)ccc1CC1CCCCN1. The quantitative estimate of drug-likeness (QED) is 0.890. The number of rotatable bonds is 4. The second kappa shape index (κ2) is 6.42. The topological polar surface area (TPSA) is 21.3 Å². The van der Waals surface area contributed by atoms with E-state index in [4.69, 9.17) is 4.74 Å². The summed E-state index contributed by atoms with van der Waals surface area (Å²) in [6.07, 6.45) is 10.8. The Morgan fingerprint density at radius 1 is 0.947 bits per heavy atom. The molecule has 1 heterocycles. The zero-order chi connectivity index (χ0) is 12.9. The molecule has 2 nitrogen and oxygen atoms in total. The predicted octanol–water partition coefficient (Wildman–Crippen LogP) is 3.69. The number of benzene rings is 1. The van der Waals surface area contributed by atoms with Crippen molar-refractivity contribution in [2.24, 2.45) is 0 Å². The van der Waals surface area contributed by atoms with Gasteiger partial charge in [0, 0.05) is 6.04 Å². The Hall–Kier alpha value is -1.02. The van der Waals surface area contributed by atoms with Gasteiger partial charge in [0.2, 0.25) is 0 Å². The molecule has 0 spiro atoms. The summed E-state index contributed by atoms with van der Waals surface area (Å²) in [5.74, 6) is 1.05. The number of ether oxygens (including phenoxy) is 1. The summed E-state index contributed by atoms with van der Waals surface area (Å²) in [5.41, 5.74) is 1.43. The van der Waals surface area contributed by atoms with Gasteiger partial charge in [0.15, 0.2) is 0 Å². The minimum absolute atomic E-state index is 0.464. The van der Waals surface area contributed by atoms with E-state index < -0.39 is 0 Å². The fraction of sp³-hybridized carbons (Fsp3) is 0.647. The van der Waals surface area contributed by atoms with E-state index in [1.165, 1.54) is 57.1 Å². The highest BCUT2D eigenvalue weighted by atomic mass is 16.5. The molecule has 19 heavy (non-hydrogen) atoms. The van der Waals surface area contributed by atoms with Crippen molar-refractivity contribution in [1.82, 2.24) is 5.32 Å². The van der Waals surface area contributed by atoms with Crippen LogP contribution >= 0.6 is 0 Å². The molecule has 1 aromatic rings. The van der Waals surface area contributed by atoms with Crippen LogP contribution in [0, 0.1) is 0 Å². The third kappa shape index (κ3) is 3.73. The van der Waals surface area contributed by atoms with E-state index in [0.29, 0.717) is 12.1 Å². The van der Waals surface area contributed by atoms with Crippen LogP contribution in [0.1, 0.15) is 50.5 Å². The molecular formula is C17H25NO. The van der Waals surface area contributed by atoms with Gasteiger partial charge in [0.1, 0.15) is 5.75 Å². The molecule has 2 heteroatoms. The zero-order valence-electron chi connectivity index (χ0n) is 11.7. The maximum Gasteiger partial charge on any atom is 0.119 e. The van der Waals surface area contributed by atoms with Crippen LogP contribution in [-0.2, 0) is 6.42 Å². The molecule has 2 fully saturated rings. The Morgan fingerprint density at radius 3 is 2.37 bits per heavy atom. The zero-order valence-corrected chi connectivity index (χ0v) is 11.7. The minimum Gasteiger partial charge on any atom is -0.490 e. The van der Waals surface area contributed by atoms with E-state index in [9.17, 15) is 0 Å². The average molecular weight is 259 g/mol. The maximum absolute atomic E-state index is 6.00. The summed E-state index contributed by atoms with van der Waals surface area (Å²) in [4.78, 5) is 0. The highest BCUT2D eigenvalue weighted by molar-refractivity contribution is 5.28. The van der Waals surface area contributed by atoms with Crippen LogP contribution in [0.5, 0.6) is 5.75 Å². The van der Waals surface area contributed by atoms with Crippen LogP contribution in [0.4, 0.5) is 0 Å². The van der Waals surface area contributed by atoms with Gasteiger partial charge in [-0.2, -0.15) is 0 Å². The molecule has 2 aliphatic rings. The van der Waals surface area contributed by atoms with Crippen LogP contribution in [0.15, 0.2) is 24.3 Å². The Kier molecular flexibility index (Phi) is 4.39. The van der Waals surface area contributed by atoms with Crippen molar-refractivity contribution in [2.75, 3.05) is 6.54 Å². The number of nitrogens with one attached hydrogen (secondary N) is 1. The second-order valence-corrected chi connectivity index (χ2v) is 6.02. The van der Waals surface area contributed by atoms with E-state index in [1.807, 2.05) is 0 Å². The molecule has 0 aromatic heterocycles. The number of hydrogen-bond donors (Lipinski definition) is 1. The maximum atomic E-state index is 6.00. The molecule has 1 saturated heterocycles. The number of hydrogen-bond acceptors (Lipinski definition) is 2. The fourth-order valence-electron chi connectivity index (χ4n) is 3.29. The largest absolute Gasteiger partial charge is 0.490 e. The van der Waals surface area contributed by atoms with Crippen molar-refractivity contribution in [1.29, 1.82) is 0 Å². The molecule has 0 amide bonds. The molecule has 104 valence electrons. The van der Waals surface area contributed by atoms with Crippen LogP contribution in [-0.4, -0.2) is 18.7 Å². The van der Waals surface area contributed by atoms with Crippen molar-refractivity contribution < 1.29 is 4.74 Å². The molecule has 0 bridgehead atoms. The third-order valence-corrected chi connectivity index (χ3v) is 4.42. The second-order valence-electron chi connectivity index (χ2n) is 6.02. The first-order chi connectivity index (χ1) is 9.40. The van der Waals surface area contributed by atoms with Crippen molar-refractivity contribution in [3.63, 3.8) is 0 Å². The molecule has 1 aliphatic heterocycles. The van der Waals surface area contributed by atoms with Crippen molar-refractivity contribution in [3.8, 4) is 5.75 Å². The van der Waals surface area contributed by atoms with E-state index in [1.54, 1.807) is 0 Å². The molecule has 1 unspecified atom stereocenters. The van der Waals surface area contributed by atoms with Crippen molar-refractivity contribution in [2.45, 2.75) is 63.5 Å². The van der Waals surface area contributed by atoms with Gasteiger partial charge in [-0.3, -0.25) is 0 Å². The summed E-state index contributed by atoms with van der Waals surface area (Å²) in [6, 6.07) is 9.45. The first kappa shape index (κ1) is 13.0. The van der Waals surface area contributed by atoms with Crippen molar-refractivity contribution in [3.05, 3.63) is 29.8 Å². The molecule has 1 aromatic carbocycles. The molecule has 1 saturated carbocycles. The Labute approximate surface area is 116 Å². The van der Waals surface area contributed by atoms with Gasteiger partial charge in [0.25, 0.3) is 0 Å². The van der Waals surface area contributed by atoms with E-state index >= 15 is 0 Å². The summed E-state index contributed by atoms with van der Waals surface area (Å²) in [5, 5.41) is 3.61. The van der Waals surface area contributed by atoms with Crippen LogP contribution < -0.4 is 10.1 Å². The van der Waals surface area contributed by atoms with Gasteiger partial charge in [-0.25, -0.2) is 0 Å². The van der Waals surface area contributed by atoms with E-state index in [-0.39, 0.29) is 0 Å². The average Bonchev–Trinajstić information content (AvgIpc) is 2.95. The lowest BCUT2D eigenvalue weighted by Crippen LogP contribution is -2.35. The van der Waals surface area contributed by atoms with Crippen LogP contribution in [0.25, 0.3) is 0 Å². The van der Waals surface area contributed by atoms with Gasteiger partial charge in [-0.15, -0.1) is 0 Å². The van der Waals surface area contributed by atoms with Crippen LogP contribution in [0.2, 0.25) is 0 Å². The minimum atomic E-state index is 0.464. The van der Waals surface area contributed by atoms with E-state index in [0.717, 1.165) is 12.2 Å². The molecule has 0 radical (unpaired) electrons. The molecule has 3 rings (SSSR count). The van der Waals surface area contributed by atoms with Gasteiger partial charge < -0.3 is 10.1 Å². The predicted molar refractivity (Wildman–Crippen MR) is 78.7 cm³/mol. The van der Waals surface area contributed by atoms with Gasteiger partial charge in [0.05, 0.1) is 6.10 Å². The summed E-state index contributed by atoms with van der Waals surface area (Å²) >= 11 is 0. The molecule has 1 atom stereocenters. The fourth-order valence-corrected chi connectivity index (χ4v) is 3.29. The Morgan fingerprint density at radius 2 is 1.68 bits per heavy atom. The Bertz CT molecular complexity index is 375. The first-order valence-electron chi connectivity index (χ1n) is 7.89. The first-order valence-corrected chi connectivity index (χ1v) is 7.89. The summed E-state index contributed by atoms with van der Waals surface area (Å²) in [7, 11) is 0. The lowest BCUT2D eigenvalue weighted by atomic mass is 9.98. The lowest BCUT2D eigenvalue weighted by Gasteiger charge is -2.23. The molecule has 1 aliphatic carbocycles. The molecule has 1 N–H and O–H groups in total. The van der Waals surface area contributed by atoms with Gasteiger partial charge in [-0.1, -0.05) is 18.6 Å². The van der Waals surface area contributed by atoms with Crippen LogP contribution in [0.3, 0.4) is 0 Å². The van der Waals surface area contributed by atoms with E-state index in [2.05, 4.69) is 29.6 Å². The summed E-state index contributed by atoms with van der Waals surface area (Å²) in [6.45, 7) is 1.19. The standard InChI is InChI=1S/C17H25NO/c1-2-7-16(6-1)19-17-10-8-14(9-11-17)13-15-5-3-4-12-18-15/h8-11,15-16,18H,1-7,12-13H2. The highest BCUT2D eigenvalue weighted by Gasteiger charge is 2.16. The van der Waals surface area contributed by atoms with Gasteiger partial charge in [-0.05, 0) is 69.2 Å². The normalized spacial score (nSPS) is 24.5. The monoisotopic (exact) mass is 259 g/mol. The lowest BCUT2D eigenvalue weighted by molar-refractivity contribution is 0.210. The van der Waals surface area contributed by atoms with Gasteiger partial charge >= 0.3 is 0 Å². The highest BCUT2D eigenvalue weighted by Crippen LogP contribution is 2.24. The Balaban J connectivity index is 1.52. The smallest absolute Gasteiger partial charge is 0.119 e. The number of piperidine rings is 1. The summed E-state index contributed by atoms with van der Waals surface area (Å²) < 4.78 is 6.00. The molecular weight excluding hydrogens is 234 g/mol.